The molecular weight excluding hydrogens is 318 g/mol. The van der Waals surface area contributed by atoms with E-state index in [1.54, 1.807) is 25.9 Å². The summed E-state index contributed by atoms with van der Waals surface area (Å²) >= 11 is 0. The largest absolute Gasteiger partial charge is 0.347 e. The molecule has 3 amide bonds. The predicted octanol–water partition coefficient (Wildman–Crippen LogP) is 1.65. The molecule has 0 aromatic rings. The van der Waals surface area contributed by atoms with E-state index in [1.807, 2.05) is 0 Å². The Bertz CT molecular complexity index is 492. The average molecular weight is 351 g/mol. The molecule has 0 aliphatic heterocycles. The van der Waals surface area contributed by atoms with Crippen LogP contribution >= 0.6 is 0 Å². The van der Waals surface area contributed by atoms with E-state index in [2.05, 4.69) is 31.0 Å². The second-order valence-electron chi connectivity index (χ2n) is 6.62. The second-order valence-corrected chi connectivity index (χ2v) is 6.62. The normalized spacial score (nSPS) is 10.0. The summed E-state index contributed by atoms with van der Waals surface area (Å²) < 4.78 is 0. The van der Waals surface area contributed by atoms with Crippen LogP contribution in [-0.2, 0) is 14.4 Å². The average Bonchev–Trinajstić information content (AvgIpc) is 2.58. The summed E-state index contributed by atoms with van der Waals surface area (Å²) in [6, 6.07) is 0. The highest BCUT2D eigenvalue weighted by Crippen LogP contribution is 2.02. The minimum atomic E-state index is -0.156. The van der Waals surface area contributed by atoms with Gasteiger partial charge >= 0.3 is 0 Å². The lowest BCUT2D eigenvalue weighted by atomic mass is 10.1. The molecule has 0 aliphatic rings. The number of carbonyl (C=O) groups is 3. The maximum atomic E-state index is 12.0. The summed E-state index contributed by atoms with van der Waals surface area (Å²) in [7, 11) is 3.41. The van der Waals surface area contributed by atoms with E-state index in [9.17, 15) is 14.4 Å². The summed E-state index contributed by atoms with van der Waals surface area (Å²) in [5, 5.41) is 2.65. The van der Waals surface area contributed by atoms with Crippen LogP contribution in [0.5, 0.6) is 0 Å². The van der Waals surface area contributed by atoms with Gasteiger partial charge in [0.1, 0.15) is 0 Å². The second kappa shape index (κ2) is 13.3. The summed E-state index contributed by atoms with van der Waals surface area (Å²) in [5.74, 6) is 6.01. The summed E-state index contributed by atoms with van der Waals surface area (Å²) in [6.07, 6.45) is 3.20. The van der Waals surface area contributed by atoms with Crippen molar-refractivity contribution in [1.29, 1.82) is 0 Å². The van der Waals surface area contributed by atoms with Crippen LogP contribution in [0.15, 0.2) is 0 Å². The van der Waals surface area contributed by atoms with Gasteiger partial charge < -0.3 is 15.1 Å². The Morgan fingerprint density at radius 1 is 1.00 bits per heavy atom. The molecule has 1 N–H and O–H groups in total. The van der Waals surface area contributed by atoms with Crippen LogP contribution in [0.2, 0.25) is 0 Å². The molecule has 0 spiro atoms. The van der Waals surface area contributed by atoms with Gasteiger partial charge in [-0.1, -0.05) is 13.8 Å². The number of likely N-dealkylation sites (N-methyl/N-ethyl adjacent to an activating group) is 2. The molecule has 0 aliphatic carbocycles. The number of hydrogen-bond acceptors (Lipinski definition) is 3. The van der Waals surface area contributed by atoms with E-state index in [1.165, 1.54) is 4.90 Å². The van der Waals surface area contributed by atoms with E-state index in [0.717, 1.165) is 19.3 Å². The van der Waals surface area contributed by atoms with E-state index < -0.39 is 0 Å². The molecule has 0 bridgehead atoms. The van der Waals surface area contributed by atoms with Crippen LogP contribution in [0.4, 0.5) is 0 Å². The summed E-state index contributed by atoms with van der Waals surface area (Å²) in [6.45, 7) is 6.82. The van der Waals surface area contributed by atoms with E-state index >= 15 is 0 Å². The number of nitrogens with zero attached hydrogens (tertiary/aromatic N) is 2. The molecule has 0 aromatic carbocycles. The van der Waals surface area contributed by atoms with Gasteiger partial charge in [-0.05, 0) is 25.7 Å². The number of rotatable bonds is 11. The zero-order valence-electron chi connectivity index (χ0n) is 16.4. The van der Waals surface area contributed by atoms with Crippen molar-refractivity contribution in [3.8, 4) is 11.8 Å². The van der Waals surface area contributed by atoms with Crippen LogP contribution in [0.3, 0.4) is 0 Å². The van der Waals surface area contributed by atoms with E-state index in [4.69, 9.17) is 0 Å². The zero-order chi connectivity index (χ0) is 19.2. The fraction of sp³-hybridized carbons (Fsp3) is 0.737. The van der Waals surface area contributed by atoms with Crippen molar-refractivity contribution in [2.75, 3.05) is 33.7 Å². The van der Waals surface area contributed by atoms with Crippen LogP contribution in [-0.4, -0.2) is 61.3 Å². The molecule has 0 rings (SSSR count). The monoisotopic (exact) mass is 351 g/mol. The van der Waals surface area contributed by atoms with Gasteiger partial charge in [0, 0.05) is 46.4 Å². The predicted molar refractivity (Wildman–Crippen MR) is 99.7 cm³/mol. The molecule has 0 saturated heterocycles. The molecule has 0 fully saturated rings. The third-order valence-electron chi connectivity index (χ3n) is 3.88. The molecular formula is C19H33N3O3. The minimum absolute atomic E-state index is 0.000770. The fourth-order valence-corrected chi connectivity index (χ4v) is 2.01. The maximum absolute atomic E-state index is 12.0. The molecule has 0 unspecified atom stereocenters. The van der Waals surface area contributed by atoms with Gasteiger partial charge in [0.25, 0.3) is 0 Å². The lowest BCUT2D eigenvalue weighted by Crippen LogP contribution is -2.42. The number of nitrogens with one attached hydrogen (secondary N) is 1. The lowest BCUT2D eigenvalue weighted by molar-refractivity contribution is -0.134. The van der Waals surface area contributed by atoms with Crippen molar-refractivity contribution in [2.24, 2.45) is 5.92 Å². The topological polar surface area (TPSA) is 69.7 Å². The summed E-state index contributed by atoms with van der Waals surface area (Å²) in [5.41, 5.74) is 0. The number of hydrogen-bond donors (Lipinski definition) is 1. The molecule has 6 heteroatoms. The first kappa shape index (κ1) is 23.0. The van der Waals surface area contributed by atoms with Gasteiger partial charge in [0.05, 0.1) is 6.54 Å². The van der Waals surface area contributed by atoms with Gasteiger partial charge in [-0.25, -0.2) is 0 Å². The number of amides is 3. The molecule has 142 valence electrons. The first-order valence-corrected chi connectivity index (χ1v) is 8.92. The Kier molecular flexibility index (Phi) is 12.2. The zero-order valence-corrected chi connectivity index (χ0v) is 16.4. The van der Waals surface area contributed by atoms with Crippen molar-refractivity contribution in [3.63, 3.8) is 0 Å². The fourth-order valence-electron chi connectivity index (χ4n) is 2.01. The Labute approximate surface area is 152 Å². The van der Waals surface area contributed by atoms with Crippen LogP contribution in [0.25, 0.3) is 0 Å². The number of carbonyl (C=O) groups excluding carboxylic acids is 3. The van der Waals surface area contributed by atoms with Crippen molar-refractivity contribution >= 4 is 17.7 Å². The molecule has 0 radical (unpaired) electrons. The molecule has 25 heavy (non-hydrogen) atoms. The lowest BCUT2D eigenvalue weighted by Gasteiger charge is -2.22. The highest BCUT2D eigenvalue weighted by atomic mass is 16.2. The Balaban J connectivity index is 4.00. The van der Waals surface area contributed by atoms with Crippen LogP contribution < -0.4 is 5.32 Å². The SMILES string of the molecule is CC#CCCCC(=O)N(C)CCN(C)C(=O)CNC(=O)CCC(C)C. The maximum Gasteiger partial charge on any atom is 0.241 e. The van der Waals surface area contributed by atoms with Gasteiger partial charge in [-0.15, -0.1) is 11.8 Å². The highest BCUT2D eigenvalue weighted by molar-refractivity contribution is 5.84. The van der Waals surface area contributed by atoms with Crippen molar-refractivity contribution in [1.82, 2.24) is 15.1 Å². The van der Waals surface area contributed by atoms with Crippen molar-refractivity contribution in [3.05, 3.63) is 0 Å². The molecule has 0 aromatic heterocycles. The van der Waals surface area contributed by atoms with E-state index in [-0.39, 0.29) is 24.3 Å². The Morgan fingerprint density at radius 2 is 1.60 bits per heavy atom. The van der Waals surface area contributed by atoms with E-state index in [0.29, 0.717) is 31.8 Å². The first-order chi connectivity index (χ1) is 11.8. The smallest absolute Gasteiger partial charge is 0.241 e. The van der Waals surface area contributed by atoms with Gasteiger partial charge in [-0.2, -0.15) is 0 Å². The van der Waals surface area contributed by atoms with Crippen LogP contribution in [0.1, 0.15) is 52.9 Å². The standard InChI is InChI=1S/C19H33N3O3/c1-6-7-8-9-10-18(24)21(4)13-14-22(5)19(25)15-20-17(23)12-11-16(2)3/h16H,8-15H2,1-5H3,(H,20,23). The van der Waals surface area contributed by atoms with Gasteiger partial charge in [0.2, 0.25) is 17.7 Å². The number of unbranched alkanes of at least 4 members (excludes halogenated alkanes) is 1. The van der Waals surface area contributed by atoms with Crippen LogP contribution in [0, 0.1) is 17.8 Å². The van der Waals surface area contributed by atoms with Gasteiger partial charge in [-0.3, -0.25) is 14.4 Å². The third-order valence-corrected chi connectivity index (χ3v) is 3.88. The molecule has 0 heterocycles. The van der Waals surface area contributed by atoms with Crippen molar-refractivity contribution in [2.45, 2.75) is 52.9 Å². The summed E-state index contributed by atoms with van der Waals surface area (Å²) in [4.78, 5) is 38.8. The molecule has 0 atom stereocenters. The Morgan fingerprint density at radius 3 is 2.16 bits per heavy atom. The molecule has 0 saturated carbocycles. The third kappa shape index (κ3) is 12.0. The minimum Gasteiger partial charge on any atom is -0.347 e. The highest BCUT2D eigenvalue weighted by Gasteiger charge is 2.13. The van der Waals surface area contributed by atoms with Gasteiger partial charge in [0.15, 0.2) is 0 Å². The quantitative estimate of drug-likeness (QED) is 0.454. The Hall–Kier alpha value is -2.03. The van der Waals surface area contributed by atoms with Crippen molar-refractivity contribution < 1.29 is 14.4 Å². The molecule has 6 nitrogen and oxygen atoms in total. The first-order valence-electron chi connectivity index (χ1n) is 8.92.